The first-order valence-electron chi connectivity index (χ1n) is 10.9. The van der Waals surface area contributed by atoms with E-state index in [1.165, 1.54) is 24.3 Å². The van der Waals surface area contributed by atoms with E-state index in [2.05, 4.69) is 5.32 Å². The van der Waals surface area contributed by atoms with Gasteiger partial charge >= 0.3 is 6.18 Å². The molecule has 0 aliphatic rings. The Kier molecular flexibility index (Phi) is 7.58. The number of carbonyl (C=O) groups excluding carboxylic acids is 1. The number of rotatable bonds is 8. The molecule has 0 radical (unpaired) electrons. The monoisotopic (exact) mass is 546 g/mol. The van der Waals surface area contributed by atoms with Crippen molar-refractivity contribution < 1.29 is 36.8 Å². The highest BCUT2D eigenvalue weighted by molar-refractivity contribution is 6.30. The van der Waals surface area contributed by atoms with Crippen molar-refractivity contribution in [3.05, 3.63) is 111 Å². The number of benzene rings is 3. The normalized spacial score (nSPS) is 11.2. The largest absolute Gasteiger partial charge is 0.485 e. The molecular formula is C26H18ClF3N2O6. The minimum atomic E-state index is -4.60. The fraction of sp³-hybridized carbons (Fsp3) is 0.115. The molecule has 0 aliphatic heterocycles. The molecule has 0 saturated heterocycles. The highest BCUT2D eigenvalue weighted by Gasteiger charge is 2.30. The van der Waals surface area contributed by atoms with Gasteiger partial charge in [-0.2, -0.15) is 13.2 Å². The van der Waals surface area contributed by atoms with Crippen LogP contribution < -0.4 is 14.8 Å². The molecule has 1 aromatic heterocycles. The van der Waals surface area contributed by atoms with Gasteiger partial charge in [-0.05, 0) is 61.0 Å². The van der Waals surface area contributed by atoms with E-state index in [1.54, 1.807) is 18.2 Å². The molecule has 8 nitrogen and oxygen atoms in total. The van der Waals surface area contributed by atoms with Gasteiger partial charge in [-0.25, -0.2) is 0 Å². The number of non-ortho nitro benzene ring substituents is 1. The molecule has 12 heteroatoms. The molecule has 38 heavy (non-hydrogen) atoms. The van der Waals surface area contributed by atoms with Gasteiger partial charge < -0.3 is 19.2 Å². The van der Waals surface area contributed by atoms with E-state index in [9.17, 15) is 28.1 Å². The number of halogens is 4. The second-order valence-corrected chi connectivity index (χ2v) is 8.46. The number of alkyl halides is 3. The predicted octanol–water partition coefficient (Wildman–Crippen LogP) is 7.79. The number of hydrogen-bond acceptors (Lipinski definition) is 6. The SMILES string of the molecule is Cc1cc(Cl)ccc1OCc1ccc(C(=O)Nc2cc(Oc3cccc(C(F)(F)F)c3)cc([N+](=O)[O-])c2)o1. The Morgan fingerprint density at radius 1 is 1.05 bits per heavy atom. The van der Waals surface area contributed by atoms with Gasteiger partial charge in [0, 0.05) is 17.2 Å². The molecule has 0 atom stereocenters. The predicted molar refractivity (Wildman–Crippen MR) is 132 cm³/mol. The minimum Gasteiger partial charge on any atom is -0.485 e. The highest BCUT2D eigenvalue weighted by atomic mass is 35.5. The van der Waals surface area contributed by atoms with Crippen molar-refractivity contribution in [1.82, 2.24) is 0 Å². The highest BCUT2D eigenvalue weighted by Crippen LogP contribution is 2.34. The molecule has 0 unspecified atom stereocenters. The van der Waals surface area contributed by atoms with Crippen LogP contribution in [0.15, 0.2) is 77.2 Å². The standard InChI is InChI=1S/C26H18ClF3N2O6/c1-15-9-17(27)5-7-23(15)36-14-21-6-8-24(38-21)25(33)31-18-11-19(32(34)35)13-22(12-18)37-20-4-2-3-16(10-20)26(28,29)30/h2-13H,14H2,1H3,(H,31,33). The molecule has 4 aromatic rings. The minimum absolute atomic E-state index is 0.0293. The summed E-state index contributed by atoms with van der Waals surface area (Å²) in [7, 11) is 0. The van der Waals surface area contributed by atoms with Crippen molar-refractivity contribution in [2.75, 3.05) is 5.32 Å². The Labute approximate surface area is 218 Å². The number of nitro groups is 1. The zero-order chi connectivity index (χ0) is 27.4. The summed E-state index contributed by atoms with van der Waals surface area (Å²) >= 11 is 5.93. The first-order valence-corrected chi connectivity index (χ1v) is 11.3. The van der Waals surface area contributed by atoms with Crippen LogP contribution in [-0.2, 0) is 12.8 Å². The molecule has 0 spiro atoms. The number of anilines is 1. The maximum atomic E-state index is 13.0. The first kappa shape index (κ1) is 26.6. The molecule has 0 aliphatic carbocycles. The Balaban J connectivity index is 1.48. The van der Waals surface area contributed by atoms with Crippen molar-refractivity contribution in [3.8, 4) is 17.2 Å². The fourth-order valence-electron chi connectivity index (χ4n) is 3.39. The lowest BCUT2D eigenvalue weighted by Crippen LogP contribution is -2.11. The molecular weight excluding hydrogens is 529 g/mol. The van der Waals surface area contributed by atoms with Crippen LogP contribution in [0.25, 0.3) is 0 Å². The summed E-state index contributed by atoms with van der Waals surface area (Å²) in [5, 5.41) is 14.4. The van der Waals surface area contributed by atoms with E-state index in [-0.39, 0.29) is 29.6 Å². The number of hydrogen-bond donors (Lipinski definition) is 1. The third-order valence-electron chi connectivity index (χ3n) is 5.15. The molecule has 4 rings (SSSR count). The maximum absolute atomic E-state index is 13.0. The van der Waals surface area contributed by atoms with Gasteiger partial charge in [0.15, 0.2) is 5.76 Å². The van der Waals surface area contributed by atoms with E-state index in [1.807, 2.05) is 6.92 Å². The zero-order valence-electron chi connectivity index (χ0n) is 19.5. The average Bonchev–Trinajstić information content (AvgIpc) is 3.32. The van der Waals surface area contributed by atoms with E-state index in [4.69, 9.17) is 25.5 Å². The van der Waals surface area contributed by atoms with Gasteiger partial charge in [0.2, 0.25) is 0 Å². The second kappa shape index (κ2) is 10.9. The third kappa shape index (κ3) is 6.62. The van der Waals surface area contributed by atoms with Gasteiger partial charge in [0.25, 0.3) is 11.6 Å². The van der Waals surface area contributed by atoms with Crippen LogP contribution in [0.2, 0.25) is 5.02 Å². The Morgan fingerprint density at radius 3 is 2.55 bits per heavy atom. The van der Waals surface area contributed by atoms with Crippen LogP contribution >= 0.6 is 11.6 Å². The number of aryl methyl sites for hydroxylation is 1. The van der Waals surface area contributed by atoms with Gasteiger partial charge in [-0.3, -0.25) is 14.9 Å². The van der Waals surface area contributed by atoms with Crippen molar-refractivity contribution in [2.45, 2.75) is 19.7 Å². The van der Waals surface area contributed by atoms with E-state index in [0.29, 0.717) is 16.5 Å². The summed E-state index contributed by atoms with van der Waals surface area (Å²) < 4.78 is 55.6. The smallest absolute Gasteiger partial charge is 0.416 e. The second-order valence-electron chi connectivity index (χ2n) is 8.02. The topological polar surface area (TPSA) is 104 Å². The van der Waals surface area contributed by atoms with Gasteiger partial charge in [-0.1, -0.05) is 17.7 Å². The lowest BCUT2D eigenvalue weighted by molar-refractivity contribution is -0.384. The molecule has 0 bridgehead atoms. The Morgan fingerprint density at radius 2 is 1.84 bits per heavy atom. The molecule has 1 amide bonds. The fourth-order valence-corrected chi connectivity index (χ4v) is 3.61. The van der Waals surface area contributed by atoms with Gasteiger partial charge in [-0.15, -0.1) is 0 Å². The van der Waals surface area contributed by atoms with Crippen LogP contribution in [0.1, 0.15) is 27.4 Å². The van der Waals surface area contributed by atoms with Crippen LogP contribution in [-0.4, -0.2) is 10.8 Å². The summed E-state index contributed by atoms with van der Waals surface area (Å²) in [6.45, 7) is 1.85. The molecule has 0 fully saturated rings. The van der Waals surface area contributed by atoms with Crippen LogP contribution in [0.4, 0.5) is 24.5 Å². The van der Waals surface area contributed by atoms with Crippen LogP contribution in [0.3, 0.4) is 0 Å². The number of carbonyl (C=O) groups is 1. The molecule has 3 aromatic carbocycles. The summed E-state index contributed by atoms with van der Waals surface area (Å²) in [5.74, 6) is -0.226. The lowest BCUT2D eigenvalue weighted by Gasteiger charge is -2.11. The molecule has 0 saturated carbocycles. The summed E-state index contributed by atoms with van der Waals surface area (Å²) in [6, 6.07) is 15.4. The number of nitrogens with one attached hydrogen (secondary N) is 1. The van der Waals surface area contributed by atoms with Crippen molar-refractivity contribution in [1.29, 1.82) is 0 Å². The maximum Gasteiger partial charge on any atom is 0.416 e. The number of nitrogens with zero attached hydrogens (tertiary/aromatic N) is 1. The van der Waals surface area contributed by atoms with Crippen molar-refractivity contribution in [2.24, 2.45) is 0 Å². The molecule has 196 valence electrons. The van der Waals surface area contributed by atoms with Crippen LogP contribution in [0, 0.1) is 17.0 Å². The van der Waals surface area contributed by atoms with Crippen LogP contribution in [0.5, 0.6) is 17.2 Å². The Hall–Kier alpha value is -4.51. The quantitative estimate of drug-likeness (QED) is 0.179. The average molecular weight is 547 g/mol. The Bertz CT molecular complexity index is 1500. The van der Waals surface area contributed by atoms with E-state index < -0.39 is 28.3 Å². The molecule has 1 N–H and O–H groups in total. The number of ether oxygens (including phenoxy) is 2. The summed E-state index contributed by atoms with van der Waals surface area (Å²) in [4.78, 5) is 23.4. The van der Waals surface area contributed by atoms with Gasteiger partial charge in [0.05, 0.1) is 22.2 Å². The van der Waals surface area contributed by atoms with E-state index in [0.717, 1.165) is 35.9 Å². The first-order chi connectivity index (χ1) is 18.0. The van der Waals surface area contributed by atoms with Gasteiger partial charge in [0.1, 0.15) is 29.6 Å². The third-order valence-corrected chi connectivity index (χ3v) is 5.38. The summed E-state index contributed by atoms with van der Waals surface area (Å²) in [5.41, 5.74) is -0.609. The van der Waals surface area contributed by atoms with Crippen molar-refractivity contribution in [3.63, 3.8) is 0 Å². The zero-order valence-corrected chi connectivity index (χ0v) is 20.3. The lowest BCUT2D eigenvalue weighted by atomic mass is 10.2. The number of furan rings is 1. The molecule has 1 heterocycles. The van der Waals surface area contributed by atoms with E-state index >= 15 is 0 Å². The number of amides is 1. The number of nitro benzene ring substituents is 1. The summed E-state index contributed by atoms with van der Waals surface area (Å²) in [6.07, 6.45) is -4.60. The van der Waals surface area contributed by atoms with Crippen molar-refractivity contribution >= 4 is 28.9 Å².